The molecular weight excluding hydrogens is 803 g/mol. The van der Waals surface area contributed by atoms with E-state index in [-0.39, 0.29) is 24.9 Å². The van der Waals surface area contributed by atoms with E-state index in [1.54, 1.807) is 0 Å². The largest absolute Gasteiger partial charge is 0.462 e. The van der Waals surface area contributed by atoms with Crippen LogP contribution in [-0.4, -0.2) is 46.9 Å². The van der Waals surface area contributed by atoms with Crippen LogP contribution in [0.1, 0.15) is 316 Å². The van der Waals surface area contributed by atoms with Gasteiger partial charge in [0.2, 0.25) is 5.91 Å². The Morgan fingerprint density at radius 3 is 1.14 bits per heavy atom. The maximum Gasteiger partial charge on any atom is 0.306 e. The van der Waals surface area contributed by atoms with E-state index in [1.807, 2.05) is 0 Å². The fourth-order valence-corrected chi connectivity index (χ4v) is 9.13. The van der Waals surface area contributed by atoms with Crippen molar-refractivity contribution in [3.05, 3.63) is 24.3 Å². The highest BCUT2D eigenvalue weighted by atomic mass is 16.5. The number of rotatable bonds is 53. The molecule has 384 valence electrons. The van der Waals surface area contributed by atoms with E-state index in [2.05, 4.69) is 50.4 Å². The number of hydrogen-bond acceptors (Lipinski definition) is 5. The monoisotopic (exact) mass is 916 g/mol. The third-order valence-electron chi connectivity index (χ3n) is 13.6. The lowest BCUT2D eigenvalue weighted by Crippen LogP contribution is -2.46. The van der Waals surface area contributed by atoms with Crippen LogP contribution >= 0.6 is 0 Å². The third kappa shape index (κ3) is 48.6. The van der Waals surface area contributed by atoms with Gasteiger partial charge >= 0.3 is 5.97 Å². The number of carbonyl (C=O) groups is 2. The Hall–Kier alpha value is -1.66. The number of allylic oxidation sites excluding steroid dienone is 4. The van der Waals surface area contributed by atoms with Gasteiger partial charge in [-0.25, -0.2) is 0 Å². The minimum Gasteiger partial charge on any atom is -0.462 e. The van der Waals surface area contributed by atoms with Crippen LogP contribution < -0.4 is 5.32 Å². The van der Waals surface area contributed by atoms with Gasteiger partial charge in [0.05, 0.1) is 25.2 Å². The smallest absolute Gasteiger partial charge is 0.306 e. The molecule has 0 heterocycles. The number of amides is 1. The molecule has 0 saturated heterocycles. The maximum absolute atomic E-state index is 13.3. The van der Waals surface area contributed by atoms with Crippen molar-refractivity contribution in [3.8, 4) is 0 Å². The second-order valence-electron chi connectivity index (χ2n) is 20.1. The van der Waals surface area contributed by atoms with Gasteiger partial charge in [0.15, 0.2) is 0 Å². The molecule has 0 saturated carbocycles. The predicted molar refractivity (Wildman–Crippen MR) is 283 cm³/mol. The van der Waals surface area contributed by atoms with Gasteiger partial charge in [-0.05, 0) is 51.4 Å². The number of aliphatic hydroxyl groups excluding tert-OH is 2. The molecule has 0 rings (SSSR count). The van der Waals surface area contributed by atoms with Gasteiger partial charge in [0.25, 0.3) is 0 Å². The SMILES string of the molecule is CCCCCCCCC/C=C/C=C/CCCCCCCC(=O)OC(CCCCCCCCCCCCCC)CC(=O)NC(CO)C(O)CCCCCCCCCCCCCCCCCC. The second-order valence-corrected chi connectivity index (χ2v) is 20.1. The maximum atomic E-state index is 13.3. The van der Waals surface area contributed by atoms with E-state index >= 15 is 0 Å². The van der Waals surface area contributed by atoms with Crippen molar-refractivity contribution < 1.29 is 24.5 Å². The summed E-state index contributed by atoms with van der Waals surface area (Å²) in [5.41, 5.74) is 0. The summed E-state index contributed by atoms with van der Waals surface area (Å²) in [5, 5.41) is 23.9. The first kappa shape index (κ1) is 63.3. The molecule has 0 aliphatic rings. The number of esters is 1. The zero-order chi connectivity index (χ0) is 47.4. The molecule has 0 aliphatic carbocycles. The summed E-state index contributed by atoms with van der Waals surface area (Å²) in [7, 11) is 0. The minimum atomic E-state index is -0.787. The second kappa shape index (κ2) is 53.3. The van der Waals surface area contributed by atoms with Gasteiger partial charge in [-0.15, -0.1) is 0 Å². The Labute approximate surface area is 405 Å². The molecule has 3 N–H and O–H groups in total. The molecule has 65 heavy (non-hydrogen) atoms. The van der Waals surface area contributed by atoms with E-state index < -0.39 is 18.2 Å². The van der Waals surface area contributed by atoms with Crippen molar-refractivity contribution in [1.82, 2.24) is 5.32 Å². The van der Waals surface area contributed by atoms with Crippen LogP contribution in [0, 0.1) is 0 Å². The fourth-order valence-electron chi connectivity index (χ4n) is 9.13. The van der Waals surface area contributed by atoms with E-state index in [9.17, 15) is 19.8 Å². The molecule has 6 heteroatoms. The number of nitrogens with one attached hydrogen (secondary N) is 1. The number of hydrogen-bond donors (Lipinski definition) is 3. The summed E-state index contributed by atoms with van der Waals surface area (Å²) < 4.78 is 5.95. The summed E-state index contributed by atoms with van der Waals surface area (Å²) >= 11 is 0. The van der Waals surface area contributed by atoms with Crippen molar-refractivity contribution in [2.75, 3.05) is 6.61 Å². The molecule has 3 atom stereocenters. The van der Waals surface area contributed by atoms with Crippen LogP contribution in [0.15, 0.2) is 24.3 Å². The van der Waals surface area contributed by atoms with Gasteiger partial charge < -0.3 is 20.3 Å². The summed E-state index contributed by atoms with van der Waals surface area (Å²) in [6, 6.07) is -0.700. The van der Waals surface area contributed by atoms with E-state index in [0.29, 0.717) is 19.3 Å². The molecule has 0 fully saturated rings. The Bertz CT molecular complexity index is 1030. The van der Waals surface area contributed by atoms with Crippen LogP contribution in [0.3, 0.4) is 0 Å². The molecule has 0 aliphatic heterocycles. The van der Waals surface area contributed by atoms with Crippen molar-refractivity contribution in [3.63, 3.8) is 0 Å². The quantitative estimate of drug-likeness (QED) is 0.0321. The molecule has 0 radical (unpaired) electrons. The molecule has 0 aromatic rings. The van der Waals surface area contributed by atoms with Gasteiger partial charge in [0.1, 0.15) is 6.10 Å². The standard InChI is InChI=1S/C59H113NO5/c1-4-7-10-13-16-19-22-25-27-29-30-32-34-37-40-43-46-49-52-59(64)65-55(50-47-44-41-38-35-24-21-18-15-12-9-6-3)53-58(63)60-56(54-61)57(62)51-48-45-42-39-36-33-31-28-26-23-20-17-14-11-8-5-2/h27,29-30,32,55-57,61-62H,4-26,28,31,33-54H2,1-3H3,(H,60,63)/b29-27+,32-30+. The molecule has 6 nitrogen and oxygen atoms in total. The highest BCUT2D eigenvalue weighted by Gasteiger charge is 2.24. The first-order valence-corrected chi connectivity index (χ1v) is 29.1. The zero-order valence-corrected chi connectivity index (χ0v) is 43.9. The Kier molecular flexibility index (Phi) is 51.9. The average Bonchev–Trinajstić information content (AvgIpc) is 3.30. The average molecular weight is 917 g/mol. The zero-order valence-electron chi connectivity index (χ0n) is 43.9. The van der Waals surface area contributed by atoms with Crippen LogP contribution in [0.5, 0.6) is 0 Å². The molecule has 1 amide bonds. The lowest BCUT2D eigenvalue weighted by Gasteiger charge is -2.24. The van der Waals surface area contributed by atoms with E-state index in [4.69, 9.17) is 4.74 Å². The molecule has 0 spiro atoms. The minimum absolute atomic E-state index is 0.0773. The molecule has 0 bridgehead atoms. The normalized spacial score (nSPS) is 13.2. The highest BCUT2D eigenvalue weighted by Crippen LogP contribution is 2.19. The number of ether oxygens (including phenoxy) is 1. The van der Waals surface area contributed by atoms with Gasteiger partial charge in [0, 0.05) is 6.42 Å². The van der Waals surface area contributed by atoms with Crippen molar-refractivity contribution >= 4 is 11.9 Å². The first-order chi connectivity index (χ1) is 32.0. The molecule has 0 aromatic carbocycles. The third-order valence-corrected chi connectivity index (χ3v) is 13.6. The summed E-state index contributed by atoms with van der Waals surface area (Å²) in [6.45, 7) is 6.51. The Morgan fingerprint density at radius 2 is 0.769 bits per heavy atom. The number of unbranched alkanes of at least 4 members (excludes halogenated alkanes) is 38. The Morgan fingerprint density at radius 1 is 0.446 bits per heavy atom. The topological polar surface area (TPSA) is 95.9 Å². The van der Waals surface area contributed by atoms with Crippen LogP contribution in [0.2, 0.25) is 0 Å². The van der Waals surface area contributed by atoms with Crippen molar-refractivity contribution in [1.29, 1.82) is 0 Å². The van der Waals surface area contributed by atoms with Crippen molar-refractivity contribution in [2.45, 2.75) is 334 Å². The molecule has 3 unspecified atom stereocenters. The van der Waals surface area contributed by atoms with Gasteiger partial charge in [-0.1, -0.05) is 276 Å². The number of aliphatic hydroxyl groups is 2. The lowest BCUT2D eigenvalue weighted by atomic mass is 10.0. The summed E-state index contributed by atoms with van der Waals surface area (Å²) in [5.74, 6) is -0.472. The van der Waals surface area contributed by atoms with Gasteiger partial charge in [-0.2, -0.15) is 0 Å². The lowest BCUT2D eigenvalue weighted by molar-refractivity contribution is -0.151. The van der Waals surface area contributed by atoms with E-state index in [1.165, 1.54) is 218 Å². The summed E-state index contributed by atoms with van der Waals surface area (Å²) in [6.07, 6.45) is 62.4. The Balaban J connectivity index is 4.48. The van der Waals surface area contributed by atoms with Crippen molar-refractivity contribution in [2.24, 2.45) is 0 Å². The molecular formula is C59H113NO5. The predicted octanol–water partition coefficient (Wildman–Crippen LogP) is 17.9. The van der Waals surface area contributed by atoms with Crippen LogP contribution in [0.4, 0.5) is 0 Å². The highest BCUT2D eigenvalue weighted by molar-refractivity contribution is 5.77. The fraction of sp³-hybridized carbons (Fsp3) is 0.898. The summed E-state index contributed by atoms with van der Waals surface area (Å²) in [4.78, 5) is 26.2. The van der Waals surface area contributed by atoms with Crippen LogP contribution in [-0.2, 0) is 14.3 Å². The molecule has 0 aromatic heterocycles. The first-order valence-electron chi connectivity index (χ1n) is 29.1. The number of carbonyl (C=O) groups excluding carboxylic acids is 2. The van der Waals surface area contributed by atoms with E-state index in [0.717, 1.165) is 51.4 Å². The van der Waals surface area contributed by atoms with Crippen LogP contribution in [0.25, 0.3) is 0 Å². The van der Waals surface area contributed by atoms with Gasteiger partial charge in [-0.3, -0.25) is 9.59 Å².